The lowest BCUT2D eigenvalue weighted by atomic mass is 9.99. The Hall–Kier alpha value is -1.29. The van der Waals surface area contributed by atoms with Gasteiger partial charge in [0.25, 0.3) is 0 Å². The van der Waals surface area contributed by atoms with Crippen LogP contribution in [0.25, 0.3) is 0 Å². The Bertz CT molecular complexity index is 326. The van der Waals surface area contributed by atoms with Crippen molar-refractivity contribution in [3.8, 4) is 0 Å². The molecule has 2 rings (SSSR count). The number of hydrogen-bond donors (Lipinski definition) is 2. The topological polar surface area (TPSA) is 54.3 Å². The Balaban J connectivity index is 1.87. The molecule has 1 fully saturated rings. The number of carbonyl (C=O) groups is 1. The lowest BCUT2D eigenvalue weighted by Gasteiger charge is -2.22. The van der Waals surface area contributed by atoms with Crippen molar-refractivity contribution in [3.63, 3.8) is 0 Å². The number of rotatable bonds is 3. The standard InChI is InChI=1S/C11H16N2O2/c1-11(4-2-5-13-11)10(14)12-7-9-3-6-15-8-9/h3,6,8,13H,2,4-5,7H2,1H3,(H,12,14). The molecule has 0 radical (unpaired) electrons. The summed E-state index contributed by atoms with van der Waals surface area (Å²) in [7, 11) is 0. The molecule has 4 nitrogen and oxygen atoms in total. The predicted octanol–water partition coefficient (Wildman–Crippen LogP) is 1.04. The first-order chi connectivity index (χ1) is 7.21. The SMILES string of the molecule is CC1(C(=O)NCc2ccoc2)CCCN1. The second kappa shape index (κ2) is 4.06. The minimum absolute atomic E-state index is 0.0706. The third kappa shape index (κ3) is 2.21. The zero-order chi connectivity index (χ0) is 10.7. The highest BCUT2D eigenvalue weighted by atomic mass is 16.3. The third-order valence-corrected chi connectivity index (χ3v) is 2.90. The largest absolute Gasteiger partial charge is 0.472 e. The summed E-state index contributed by atoms with van der Waals surface area (Å²) >= 11 is 0. The second-order valence-electron chi connectivity index (χ2n) is 4.18. The maximum Gasteiger partial charge on any atom is 0.240 e. The Kier molecular flexibility index (Phi) is 2.77. The van der Waals surface area contributed by atoms with Crippen molar-refractivity contribution < 1.29 is 9.21 Å². The van der Waals surface area contributed by atoms with Crippen LogP contribution in [0.2, 0.25) is 0 Å². The maximum absolute atomic E-state index is 11.9. The van der Waals surface area contributed by atoms with E-state index in [1.165, 1.54) is 0 Å². The van der Waals surface area contributed by atoms with Gasteiger partial charge in [-0.25, -0.2) is 0 Å². The molecule has 1 amide bonds. The first-order valence-electron chi connectivity index (χ1n) is 5.25. The fourth-order valence-electron chi connectivity index (χ4n) is 1.86. The van der Waals surface area contributed by atoms with Crippen molar-refractivity contribution in [2.24, 2.45) is 0 Å². The molecule has 15 heavy (non-hydrogen) atoms. The second-order valence-corrected chi connectivity index (χ2v) is 4.18. The molecule has 1 aromatic rings. The minimum atomic E-state index is -0.385. The van der Waals surface area contributed by atoms with Gasteiger partial charge in [0.05, 0.1) is 18.1 Å². The maximum atomic E-state index is 11.9. The molecule has 0 aliphatic carbocycles. The average molecular weight is 208 g/mol. The lowest BCUT2D eigenvalue weighted by molar-refractivity contribution is -0.126. The van der Waals surface area contributed by atoms with E-state index in [1.807, 2.05) is 13.0 Å². The molecular weight excluding hydrogens is 192 g/mol. The summed E-state index contributed by atoms with van der Waals surface area (Å²) in [5.41, 5.74) is 0.606. The van der Waals surface area contributed by atoms with Crippen LogP contribution in [-0.2, 0) is 11.3 Å². The van der Waals surface area contributed by atoms with E-state index in [4.69, 9.17) is 4.42 Å². The quantitative estimate of drug-likeness (QED) is 0.780. The van der Waals surface area contributed by atoms with Gasteiger partial charge in [-0.1, -0.05) is 0 Å². The first-order valence-corrected chi connectivity index (χ1v) is 5.25. The van der Waals surface area contributed by atoms with Crippen molar-refractivity contribution in [3.05, 3.63) is 24.2 Å². The number of hydrogen-bond acceptors (Lipinski definition) is 3. The predicted molar refractivity (Wildman–Crippen MR) is 56.2 cm³/mol. The highest BCUT2D eigenvalue weighted by Crippen LogP contribution is 2.18. The van der Waals surface area contributed by atoms with Gasteiger partial charge in [0.15, 0.2) is 0 Å². The van der Waals surface area contributed by atoms with Crippen LogP contribution in [0, 0.1) is 0 Å². The summed E-state index contributed by atoms with van der Waals surface area (Å²) < 4.78 is 4.93. The number of furan rings is 1. The van der Waals surface area contributed by atoms with Gasteiger partial charge in [0.1, 0.15) is 0 Å². The van der Waals surface area contributed by atoms with Crippen LogP contribution < -0.4 is 10.6 Å². The molecule has 0 spiro atoms. The molecule has 0 bridgehead atoms. The normalized spacial score (nSPS) is 25.4. The average Bonchev–Trinajstić information content (AvgIpc) is 2.85. The van der Waals surface area contributed by atoms with Crippen LogP contribution in [0.5, 0.6) is 0 Å². The molecule has 2 N–H and O–H groups in total. The fourth-order valence-corrected chi connectivity index (χ4v) is 1.86. The summed E-state index contributed by atoms with van der Waals surface area (Å²) in [4.78, 5) is 11.9. The Morgan fingerprint density at radius 3 is 3.20 bits per heavy atom. The van der Waals surface area contributed by atoms with Crippen LogP contribution in [-0.4, -0.2) is 18.0 Å². The summed E-state index contributed by atoms with van der Waals surface area (Å²) in [5.74, 6) is 0.0706. The van der Waals surface area contributed by atoms with Gasteiger partial charge < -0.3 is 15.1 Å². The molecule has 0 saturated carbocycles. The van der Waals surface area contributed by atoms with Crippen LogP contribution in [0.1, 0.15) is 25.3 Å². The molecule has 1 aliphatic heterocycles. The molecule has 2 heterocycles. The zero-order valence-corrected chi connectivity index (χ0v) is 8.88. The van der Waals surface area contributed by atoms with E-state index < -0.39 is 0 Å². The van der Waals surface area contributed by atoms with Gasteiger partial charge in [0.2, 0.25) is 5.91 Å². The smallest absolute Gasteiger partial charge is 0.240 e. The highest BCUT2D eigenvalue weighted by molar-refractivity contribution is 5.86. The molecule has 0 aromatic carbocycles. The summed E-state index contributed by atoms with van der Waals surface area (Å²) in [6.45, 7) is 3.41. The molecule has 1 atom stereocenters. The van der Waals surface area contributed by atoms with Gasteiger partial charge in [0, 0.05) is 12.1 Å². The van der Waals surface area contributed by atoms with Crippen molar-refractivity contribution in [1.29, 1.82) is 0 Å². The molecular formula is C11H16N2O2. The highest BCUT2D eigenvalue weighted by Gasteiger charge is 2.35. The molecule has 1 unspecified atom stereocenters. The van der Waals surface area contributed by atoms with E-state index >= 15 is 0 Å². The fraction of sp³-hybridized carbons (Fsp3) is 0.545. The van der Waals surface area contributed by atoms with Crippen molar-refractivity contribution >= 4 is 5.91 Å². The van der Waals surface area contributed by atoms with Crippen LogP contribution >= 0.6 is 0 Å². The van der Waals surface area contributed by atoms with Crippen LogP contribution in [0.4, 0.5) is 0 Å². The molecule has 1 saturated heterocycles. The van der Waals surface area contributed by atoms with Gasteiger partial charge in [-0.05, 0) is 32.4 Å². The molecule has 4 heteroatoms. The van der Waals surface area contributed by atoms with E-state index in [0.29, 0.717) is 6.54 Å². The van der Waals surface area contributed by atoms with E-state index in [-0.39, 0.29) is 11.4 Å². The number of nitrogens with one attached hydrogen (secondary N) is 2. The van der Waals surface area contributed by atoms with Gasteiger partial charge >= 0.3 is 0 Å². The molecule has 82 valence electrons. The lowest BCUT2D eigenvalue weighted by Crippen LogP contribution is -2.50. The Morgan fingerprint density at radius 1 is 1.73 bits per heavy atom. The Labute approximate surface area is 89.0 Å². The minimum Gasteiger partial charge on any atom is -0.472 e. The van der Waals surface area contributed by atoms with Crippen molar-refractivity contribution in [2.45, 2.75) is 31.8 Å². The van der Waals surface area contributed by atoms with E-state index in [2.05, 4.69) is 10.6 Å². The summed E-state index contributed by atoms with van der Waals surface area (Å²) in [6.07, 6.45) is 5.22. The third-order valence-electron chi connectivity index (χ3n) is 2.90. The Morgan fingerprint density at radius 2 is 2.60 bits per heavy atom. The van der Waals surface area contributed by atoms with Gasteiger partial charge in [-0.15, -0.1) is 0 Å². The first kappa shape index (κ1) is 10.2. The van der Waals surface area contributed by atoms with Crippen LogP contribution in [0.15, 0.2) is 23.0 Å². The van der Waals surface area contributed by atoms with Crippen LogP contribution in [0.3, 0.4) is 0 Å². The van der Waals surface area contributed by atoms with Crippen molar-refractivity contribution in [2.75, 3.05) is 6.54 Å². The summed E-state index contributed by atoms with van der Waals surface area (Å²) in [5, 5.41) is 6.13. The monoisotopic (exact) mass is 208 g/mol. The van der Waals surface area contributed by atoms with Gasteiger partial charge in [-0.2, -0.15) is 0 Å². The summed E-state index contributed by atoms with van der Waals surface area (Å²) in [6, 6.07) is 1.85. The van der Waals surface area contributed by atoms with E-state index in [0.717, 1.165) is 24.9 Å². The van der Waals surface area contributed by atoms with E-state index in [9.17, 15) is 4.79 Å². The van der Waals surface area contributed by atoms with Gasteiger partial charge in [-0.3, -0.25) is 4.79 Å². The van der Waals surface area contributed by atoms with E-state index in [1.54, 1.807) is 12.5 Å². The van der Waals surface area contributed by atoms with Crippen molar-refractivity contribution in [1.82, 2.24) is 10.6 Å². The number of carbonyl (C=O) groups excluding carboxylic acids is 1. The zero-order valence-electron chi connectivity index (χ0n) is 8.88. The molecule has 1 aromatic heterocycles. The molecule has 1 aliphatic rings. The number of amides is 1.